The first kappa shape index (κ1) is 33.7. The topological polar surface area (TPSA) is 63.6 Å². The molecule has 0 spiro atoms. The molecule has 206 valence electrons. The lowest BCUT2D eigenvalue weighted by molar-refractivity contribution is -0.150. The molecule has 0 saturated carbocycles. The summed E-state index contributed by atoms with van der Waals surface area (Å²) in [4.78, 5) is 22.8. The summed E-state index contributed by atoms with van der Waals surface area (Å²) in [7, 11) is 0. The fraction of sp³-hybridized carbons (Fsp3) is 0.871. The van der Waals surface area contributed by atoms with E-state index in [1.165, 1.54) is 83.5 Å². The summed E-state index contributed by atoms with van der Waals surface area (Å²) >= 11 is 0. The van der Waals surface area contributed by atoms with Gasteiger partial charge in [0.05, 0.1) is 0 Å². The van der Waals surface area contributed by atoms with Crippen LogP contribution in [0.25, 0.3) is 0 Å². The fourth-order valence-electron chi connectivity index (χ4n) is 4.51. The summed E-state index contributed by atoms with van der Waals surface area (Å²) in [5.41, 5.74) is 0. The summed E-state index contributed by atoms with van der Waals surface area (Å²) in [5.74, 6) is -0.678. The molecule has 0 amide bonds. The summed E-state index contributed by atoms with van der Waals surface area (Å²) in [5, 5.41) is 8.64. The van der Waals surface area contributed by atoms with Crippen molar-refractivity contribution in [3.8, 4) is 0 Å². The number of aliphatic carboxylic acids is 1. The molecule has 35 heavy (non-hydrogen) atoms. The third-order valence-corrected chi connectivity index (χ3v) is 6.72. The van der Waals surface area contributed by atoms with Gasteiger partial charge in [-0.05, 0) is 51.4 Å². The molecule has 0 aromatic carbocycles. The number of hydrogen-bond donors (Lipinski definition) is 1. The SMILES string of the molecule is CCCC/C=C\CCCCCCCCC(=O)OC(CCC)CCCCCCCCCCCC(=O)O. The Morgan fingerprint density at radius 2 is 1.09 bits per heavy atom. The lowest BCUT2D eigenvalue weighted by Crippen LogP contribution is -2.18. The van der Waals surface area contributed by atoms with Gasteiger partial charge in [0.1, 0.15) is 6.10 Å². The highest BCUT2D eigenvalue weighted by Gasteiger charge is 2.13. The van der Waals surface area contributed by atoms with Gasteiger partial charge < -0.3 is 9.84 Å². The molecule has 0 aliphatic carbocycles. The monoisotopic (exact) mass is 494 g/mol. The zero-order valence-corrected chi connectivity index (χ0v) is 23.4. The molecule has 4 heteroatoms. The van der Waals surface area contributed by atoms with E-state index < -0.39 is 5.97 Å². The lowest BCUT2D eigenvalue weighted by atomic mass is 10.0. The molecule has 4 nitrogen and oxygen atoms in total. The lowest BCUT2D eigenvalue weighted by Gasteiger charge is -2.17. The van der Waals surface area contributed by atoms with Gasteiger partial charge in [0, 0.05) is 12.8 Å². The van der Waals surface area contributed by atoms with E-state index in [-0.39, 0.29) is 12.1 Å². The van der Waals surface area contributed by atoms with E-state index >= 15 is 0 Å². The van der Waals surface area contributed by atoms with Gasteiger partial charge in [-0.25, -0.2) is 0 Å². The van der Waals surface area contributed by atoms with Crippen molar-refractivity contribution >= 4 is 11.9 Å². The largest absolute Gasteiger partial charge is 0.481 e. The summed E-state index contributed by atoms with van der Waals surface area (Å²) in [6, 6.07) is 0. The zero-order chi connectivity index (χ0) is 25.8. The van der Waals surface area contributed by atoms with Gasteiger partial charge >= 0.3 is 11.9 Å². The molecule has 1 unspecified atom stereocenters. The highest BCUT2D eigenvalue weighted by Crippen LogP contribution is 2.17. The van der Waals surface area contributed by atoms with E-state index in [1.54, 1.807) is 0 Å². The van der Waals surface area contributed by atoms with E-state index in [0.29, 0.717) is 12.8 Å². The Hall–Kier alpha value is -1.32. The predicted octanol–water partition coefficient (Wildman–Crippen LogP) is 9.94. The minimum absolute atomic E-state index is 0.00330. The van der Waals surface area contributed by atoms with Gasteiger partial charge in [0.15, 0.2) is 0 Å². The molecule has 0 aromatic rings. The van der Waals surface area contributed by atoms with Gasteiger partial charge in [-0.3, -0.25) is 9.59 Å². The molecule has 1 atom stereocenters. The molecule has 0 aliphatic rings. The van der Waals surface area contributed by atoms with Gasteiger partial charge in [0.2, 0.25) is 0 Å². The molecule has 0 aromatic heterocycles. The van der Waals surface area contributed by atoms with Crippen molar-refractivity contribution in [2.24, 2.45) is 0 Å². The van der Waals surface area contributed by atoms with Crippen molar-refractivity contribution in [2.75, 3.05) is 0 Å². The van der Waals surface area contributed by atoms with E-state index in [0.717, 1.165) is 57.8 Å². The Balaban J connectivity index is 3.60. The molecule has 0 aliphatic heterocycles. The fourth-order valence-corrected chi connectivity index (χ4v) is 4.51. The van der Waals surface area contributed by atoms with Crippen LogP contribution in [-0.2, 0) is 14.3 Å². The second-order valence-electron chi connectivity index (χ2n) is 10.3. The van der Waals surface area contributed by atoms with Crippen LogP contribution < -0.4 is 0 Å². The third kappa shape index (κ3) is 27.1. The van der Waals surface area contributed by atoms with Crippen LogP contribution in [0.3, 0.4) is 0 Å². The number of carboxylic acid groups (broad SMARTS) is 1. The molecule has 0 rings (SSSR count). The summed E-state index contributed by atoms with van der Waals surface area (Å²) in [6.45, 7) is 4.40. The predicted molar refractivity (Wildman–Crippen MR) is 149 cm³/mol. The van der Waals surface area contributed by atoms with E-state index in [4.69, 9.17) is 9.84 Å². The number of allylic oxidation sites excluding steroid dienone is 2. The Labute approximate surface area is 217 Å². The number of esters is 1. The Kier molecular flexibility index (Phi) is 26.2. The number of ether oxygens (including phenoxy) is 1. The molecular formula is C31H58O4. The van der Waals surface area contributed by atoms with Gasteiger partial charge in [0.25, 0.3) is 0 Å². The Morgan fingerprint density at radius 1 is 0.600 bits per heavy atom. The zero-order valence-electron chi connectivity index (χ0n) is 23.4. The normalized spacial score (nSPS) is 12.3. The first-order valence-electron chi connectivity index (χ1n) is 15.2. The van der Waals surface area contributed by atoms with Crippen LogP contribution >= 0.6 is 0 Å². The van der Waals surface area contributed by atoms with Gasteiger partial charge in [-0.1, -0.05) is 116 Å². The third-order valence-electron chi connectivity index (χ3n) is 6.72. The summed E-state index contributed by atoms with van der Waals surface area (Å²) in [6.07, 6.45) is 31.2. The standard InChI is InChI=1S/C31H58O4/c1-3-5-6-7-8-9-10-11-15-18-21-24-28-31(34)35-29(25-4-2)26-22-19-16-13-12-14-17-20-23-27-30(32)33/h7-8,29H,3-6,9-28H2,1-2H3,(H,32,33)/b8-7-. The van der Waals surface area contributed by atoms with Crippen molar-refractivity contribution in [1.29, 1.82) is 0 Å². The number of carboxylic acids is 1. The molecule has 1 N–H and O–H groups in total. The molecular weight excluding hydrogens is 436 g/mol. The van der Waals surface area contributed by atoms with Crippen LogP contribution in [0.5, 0.6) is 0 Å². The first-order valence-corrected chi connectivity index (χ1v) is 15.2. The summed E-state index contributed by atoms with van der Waals surface area (Å²) < 4.78 is 5.80. The number of carbonyl (C=O) groups excluding carboxylic acids is 1. The van der Waals surface area contributed by atoms with Gasteiger partial charge in [-0.2, -0.15) is 0 Å². The number of hydrogen-bond acceptors (Lipinski definition) is 3. The van der Waals surface area contributed by atoms with Crippen molar-refractivity contribution in [1.82, 2.24) is 0 Å². The minimum atomic E-state index is -0.681. The number of rotatable bonds is 27. The Bertz CT molecular complexity index is 500. The van der Waals surface area contributed by atoms with Gasteiger partial charge in [-0.15, -0.1) is 0 Å². The molecule has 0 bridgehead atoms. The van der Waals surface area contributed by atoms with Crippen molar-refractivity contribution < 1.29 is 19.4 Å². The first-order chi connectivity index (χ1) is 17.1. The number of carbonyl (C=O) groups is 2. The maximum atomic E-state index is 12.3. The molecule has 0 radical (unpaired) electrons. The highest BCUT2D eigenvalue weighted by atomic mass is 16.5. The Morgan fingerprint density at radius 3 is 1.63 bits per heavy atom. The van der Waals surface area contributed by atoms with Crippen LogP contribution in [0.1, 0.15) is 168 Å². The van der Waals surface area contributed by atoms with Crippen LogP contribution in [0.4, 0.5) is 0 Å². The smallest absolute Gasteiger partial charge is 0.306 e. The number of unbranched alkanes of at least 4 members (excludes halogenated alkanes) is 16. The van der Waals surface area contributed by atoms with Crippen LogP contribution in [-0.4, -0.2) is 23.1 Å². The van der Waals surface area contributed by atoms with Crippen LogP contribution in [0.2, 0.25) is 0 Å². The molecule has 0 fully saturated rings. The van der Waals surface area contributed by atoms with Crippen molar-refractivity contribution in [3.05, 3.63) is 12.2 Å². The quantitative estimate of drug-likeness (QED) is 0.0701. The van der Waals surface area contributed by atoms with Crippen molar-refractivity contribution in [3.63, 3.8) is 0 Å². The molecule has 0 heterocycles. The van der Waals surface area contributed by atoms with E-state index in [2.05, 4.69) is 26.0 Å². The van der Waals surface area contributed by atoms with Crippen molar-refractivity contribution in [2.45, 2.75) is 174 Å². The van der Waals surface area contributed by atoms with Crippen LogP contribution in [0, 0.1) is 0 Å². The minimum Gasteiger partial charge on any atom is -0.481 e. The van der Waals surface area contributed by atoms with Crippen LogP contribution in [0.15, 0.2) is 12.2 Å². The molecule has 0 saturated heterocycles. The maximum Gasteiger partial charge on any atom is 0.306 e. The van der Waals surface area contributed by atoms with E-state index in [9.17, 15) is 9.59 Å². The second-order valence-corrected chi connectivity index (χ2v) is 10.3. The highest BCUT2D eigenvalue weighted by molar-refractivity contribution is 5.69. The average Bonchev–Trinajstić information content (AvgIpc) is 2.83. The average molecular weight is 495 g/mol. The maximum absolute atomic E-state index is 12.3. The second kappa shape index (κ2) is 27.3. The van der Waals surface area contributed by atoms with E-state index in [1.807, 2.05) is 0 Å².